The van der Waals surface area contributed by atoms with Gasteiger partial charge in [0.05, 0.1) is 0 Å². The Morgan fingerprint density at radius 2 is 1.94 bits per heavy atom. The first-order valence-corrected chi connectivity index (χ1v) is 5.50. The lowest BCUT2D eigenvalue weighted by Crippen LogP contribution is -2.66. The monoisotopic (exact) mass is 256 g/mol. The number of rotatable bonds is 3. The number of benzene rings is 1. The maximum absolute atomic E-state index is 11.9. The number of hydrogen-bond donors (Lipinski definition) is 1. The summed E-state index contributed by atoms with van der Waals surface area (Å²) in [5.74, 6) is -0.115. The van der Waals surface area contributed by atoms with Crippen LogP contribution in [0.4, 0.5) is 8.78 Å². The van der Waals surface area contributed by atoms with Crippen LogP contribution in [0.1, 0.15) is 17.3 Å². The molecule has 1 aromatic carbocycles. The van der Waals surface area contributed by atoms with Crippen LogP contribution >= 0.6 is 0 Å². The fourth-order valence-electron chi connectivity index (χ4n) is 1.93. The molecule has 2 N–H and O–H groups in total. The predicted molar refractivity (Wildman–Crippen MR) is 61.6 cm³/mol. The number of halogens is 2. The molecule has 0 atom stereocenters. The Labute approximate surface area is 103 Å². The molecule has 6 heteroatoms. The van der Waals surface area contributed by atoms with Crippen LogP contribution in [-0.4, -0.2) is 36.0 Å². The van der Waals surface area contributed by atoms with E-state index in [9.17, 15) is 13.6 Å². The summed E-state index contributed by atoms with van der Waals surface area (Å²) < 4.78 is 28.1. The molecule has 0 radical (unpaired) electrons. The average Bonchev–Trinajstić information content (AvgIpc) is 2.25. The molecule has 1 fully saturated rings. The highest BCUT2D eigenvalue weighted by Crippen LogP contribution is 2.21. The number of amides is 1. The molecule has 0 bridgehead atoms. The number of hydrogen-bond acceptors (Lipinski definition) is 3. The third-order valence-corrected chi connectivity index (χ3v) is 2.72. The summed E-state index contributed by atoms with van der Waals surface area (Å²) in [6, 6.07) is 5.63. The molecule has 1 aliphatic heterocycles. The Hall–Kier alpha value is -1.69. The molecule has 0 aliphatic carbocycles. The van der Waals surface area contributed by atoms with Crippen molar-refractivity contribution >= 4 is 5.91 Å². The summed E-state index contributed by atoms with van der Waals surface area (Å²) in [7, 11) is 0. The van der Waals surface area contributed by atoms with Crippen molar-refractivity contribution in [3.63, 3.8) is 0 Å². The summed E-state index contributed by atoms with van der Waals surface area (Å²) in [6.45, 7) is 0.0124. The van der Waals surface area contributed by atoms with Gasteiger partial charge in [-0.2, -0.15) is 8.78 Å². The lowest BCUT2D eigenvalue weighted by atomic mass is 9.93. The van der Waals surface area contributed by atoms with Crippen LogP contribution in [-0.2, 0) is 0 Å². The second kappa shape index (κ2) is 4.53. The topological polar surface area (TPSA) is 55.6 Å². The van der Waals surface area contributed by atoms with E-state index in [-0.39, 0.29) is 17.2 Å². The van der Waals surface area contributed by atoms with Crippen LogP contribution in [0, 0.1) is 0 Å². The van der Waals surface area contributed by atoms with Crippen LogP contribution < -0.4 is 10.5 Å². The van der Waals surface area contributed by atoms with Crippen LogP contribution in [0.15, 0.2) is 24.3 Å². The van der Waals surface area contributed by atoms with Crippen LogP contribution in [0.2, 0.25) is 0 Å². The molecule has 0 spiro atoms. The smallest absolute Gasteiger partial charge is 0.387 e. The second-order valence-electron chi connectivity index (χ2n) is 4.72. The standard InChI is InChI=1S/C12H14F2N2O2/c1-12(15)6-16(7-12)10(17)8-2-4-9(5-3-8)18-11(13)14/h2-5,11H,6-7,15H2,1H3. The zero-order valence-electron chi connectivity index (χ0n) is 9.90. The first kappa shape index (κ1) is 12.8. The predicted octanol–water partition coefficient (Wildman–Crippen LogP) is 1.46. The van der Waals surface area contributed by atoms with Crippen molar-refractivity contribution in [3.05, 3.63) is 29.8 Å². The Morgan fingerprint density at radius 3 is 2.39 bits per heavy atom. The molecule has 0 aromatic heterocycles. The van der Waals surface area contributed by atoms with Crippen LogP contribution in [0.25, 0.3) is 0 Å². The highest BCUT2D eigenvalue weighted by atomic mass is 19.3. The number of nitrogens with two attached hydrogens (primary N) is 1. The largest absolute Gasteiger partial charge is 0.435 e. The molecule has 0 saturated carbocycles. The summed E-state index contributed by atoms with van der Waals surface area (Å²) in [4.78, 5) is 13.5. The van der Waals surface area contributed by atoms with Gasteiger partial charge in [0.15, 0.2) is 0 Å². The molecule has 1 aromatic rings. The van der Waals surface area contributed by atoms with Gasteiger partial charge in [-0.1, -0.05) is 0 Å². The second-order valence-corrected chi connectivity index (χ2v) is 4.72. The molecule has 1 heterocycles. The van der Waals surface area contributed by atoms with Crippen molar-refractivity contribution in [1.29, 1.82) is 0 Å². The molecule has 18 heavy (non-hydrogen) atoms. The van der Waals surface area contributed by atoms with E-state index in [0.29, 0.717) is 18.7 Å². The molecule has 1 aliphatic rings. The maximum Gasteiger partial charge on any atom is 0.387 e. The van der Waals surface area contributed by atoms with E-state index in [4.69, 9.17) is 5.73 Å². The van der Waals surface area contributed by atoms with Crippen molar-refractivity contribution in [2.75, 3.05) is 13.1 Å². The van der Waals surface area contributed by atoms with Gasteiger partial charge in [-0.05, 0) is 31.2 Å². The Morgan fingerprint density at radius 1 is 1.39 bits per heavy atom. The summed E-state index contributed by atoms with van der Waals surface area (Å²) in [6.07, 6.45) is 0. The fourth-order valence-corrected chi connectivity index (χ4v) is 1.93. The third kappa shape index (κ3) is 2.76. The van der Waals surface area contributed by atoms with Gasteiger partial charge in [-0.25, -0.2) is 0 Å². The molecular weight excluding hydrogens is 242 g/mol. The van der Waals surface area contributed by atoms with Gasteiger partial charge in [-0.15, -0.1) is 0 Å². The van der Waals surface area contributed by atoms with Crippen molar-refractivity contribution in [3.8, 4) is 5.75 Å². The first-order valence-electron chi connectivity index (χ1n) is 5.50. The van der Waals surface area contributed by atoms with Gasteiger partial charge < -0.3 is 15.4 Å². The highest BCUT2D eigenvalue weighted by Gasteiger charge is 2.38. The Bertz CT molecular complexity index is 438. The Kier molecular flexibility index (Phi) is 3.21. The zero-order chi connectivity index (χ0) is 13.3. The number of carbonyl (C=O) groups is 1. The molecule has 2 rings (SSSR count). The minimum absolute atomic E-state index is 0.0359. The van der Waals surface area contributed by atoms with Gasteiger partial charge >= 0.3 is 6.61 Å². The van der Waals surface area contributed by atoms with Crippen molar-refractivity contribution < 1.29 is 18.3 Å². The van der Waals surface area contributed by atoms with E-state index < -0.39 is 6.61 Å². The van der Waals surface area contributed by atoms with E-state index in [1.807, 2.05) is 6.92 Å². The number of likely N-dealkylation sites (tertiary alicyclic amines) is 1. The molecule has 98 valence electrons. The normalized spacial score (nSPS) is 17.5. The molecule has 4 nitrogen and oxygen atoms in total. The van der Waals surface area contributed by atoms with E-state index >= 15 is 0 Å². The molecule has 1 saturated heterocycles. The number of alkyl halides is 2. The fraction of sp³-hybridized carbons (Fsp3) is 0.417. The van der Waals surface area contributed by atoms with Crippen LogP contribution in [0.5, 0.6) is 5.75 Å². The van der Waals surface area contributed by atoms with Gasteiger partial charge in [-0.3, -0.25) is 4.79 Å². The first-order chi connectivity index (χ1) is 8.37. The highest BCUT2D eigenvalue weighted by molar-refractivity contribution is 5.95. The number of ether oxygens (including phenoxy) is 1. The van der Waals surface area contributed by atoms with Crippen LogP contribution in [0.3, 0.4) is 0 Å². The lowest BCUT2D eigenvalue weighted by Gasteiger charge is -2.45. The maximum atomic E-state index is 11.9. The summed E-state index contributed by atoms with van der Waals surface area (Å²) in [5, 5.41) is 0. The SMILES string of the molecule is CC1(N)CN(C(=O)c2ccc(OC(F)F)cc2)C1. The third-order valence-electron chi connectivity index (χ3n) is 2.72. The summed E-state index contributed by atoms with van der Waals surface area (Å²) in [5.41, 5.74) is 5.92. The lowest BCUT2D eigenvalue weighted by molar-refractivity contribution is -0.0498. The van der Waals surface area contributed by atoms with E-state index in [1.165, 1.54) is 24.3 Å². The summed E-state index contributed by atoms with van der Waals surface area (Å²) >= 11 is 0. The number of carbonyl (C=O) groups excluding carboxylic acids is 1. The van der Waals surface area contributed by atoms with Crippen molar-refractivity contribution in [2.45, 2.75) is 19.1 Å². The van der Waals surface area contributed by atoms with Gasteiger partial charge in [0.25, 0.3) is 5.91 Å². The molecule has 0 unspecified atom stereocenters. The van der Waals surface area contributed by atoms with Gasteiger partial charge in [0.2, 0.25) is 0 Å². The van der Waals surface area contributed by atoms with Gasteiger partial charge in [0.1, 0.15) is 5.75 Å². The van der Waals surface area contributed by atoms with E-state index in [0.717, 1.165) is 0 Å². The minimum atomic E-state index is -2.86. The quantitative estimate of drug-likeness (QED) is 0.890. The van der Waals surface area contributed by atoms with Crippen molar-refractivity contribution in [1.82, 2.24) is 4.90 Å². The van der Waals surface area contributed by atoms with E-state index in [2.05, 4.69) is 4.74 Å². The minimum Gasteiger partial charge on any atom is -0.435 e. The Balaban J connectivity index is 1.99. The van der Waals surface area contributed by atoms with Gasteiger partial charge in [0, 0.05) is 24.2 Å². The average molecular weight is 256 g/mol. The number of nitrogens with zero attached hydrogens (tertiary/aromatic N) is 1. The molecule has 1 amide bonds. The zero-order valence-corrected chi connectivity index (χ0v) is 9.90. The van der Waals surface area contributed by atoms with Crippen molar-refractivity contribution in [2.24, 2.45) is 5.73 Å². The molecular formula is C12H14F2N2O2. The van der Waals surface area contributed by atoms with E-state index in [1.54, 1.807) is 4.90 Å².